The molecule has 3 atom stereocenters. The molecular formula is C25H34F2N4O7. The number of hydrogen-bond acceptors (Lipinski definition) is 7. The van der Waals surface area contributed by atoms with Gasteiger partial charge in [-0.3, -0.25) is 19.2 Å². The number of halogens is 2. The molecule has 0 spiro atoms. The maximum Gasteiger partial charge on any atom is 0.396 e. The normalized spacial score (nSPS) is 16.9. The minimum Gasteiger partial charge on any atom is -0.459 e. The average molecular weight is 541 g/mol. The number of benzene rings is 1. The highest BCUT2D eigenvalue weighted by atomic mass is 19.3. The first-order valence-corrected chi connectivity index (χ1v) is 12.3. The first-order chi connectivity index (χ1) is 17.9. The Bertz CT molecular complexity index is 1010. The first kappa shape index (κ1) is 30.6. The maximum atomic E-state index is 14.4. The monoisotopic (exact) mass is 540 g/mol. The summed E-state index contributed by atoms with van der Waals surface area (Å²) in [5, 5.41) is 16.5. The predicted molar refractivity (Wildman–Crippen MR) is 130 cm³/mol. The minimum absolute atomic E-state index is 0.0273. The lowest BCUT2D eigenvalue weighted by Gasteiger charge is -2.30. The Hall–Kier alpha value is -3.61. The van der Waals surface area contributed by atoms with E-state index in [-0.39, 0.29) is 26.1 Å². The van der Waals surface area contributed by atoms with Crippen LogP contribution in [0.2, 0.25) is 0 Å². The molecule has 1 aromatic rings. The summed E-state index contributed by atoms with van der Waals surface area (Å²) in [4.78, 5) is 62.8. The number of carbonyl (C=O) groups excluding carboxylic acids is 5. The number of nitrogens with zero attached hydrogens (tertiary/aromatic N) is 1. The van der Waals surface area contributed by atoms with E-state index in [1.165, 1.54) is 11.8 Å². The molecule has 0 bridgehead atoms. The Morgan fingerprint density at radius 1 is 1.13 bits per heavy atom. The number of likely N-dealkylation sites (tertiary alicyclic amines) is 1. The third-order valence-electron chi connectivity index (χ3n) is 6.01. The van der Waals surface area contributed by atoms with Crippen molar-refractivity contribution in [2.45, 2.75) is 64.3 Å². The summed E-state index contributed by atoms with van der Waals surface area (Å²) in [6.45, 7) is 3.83. The van der Waals surface area contributed by atoms with E-state index in [2.05, 4.69) is 20.7 Å². The van der Waals surface area contributed by atoms with Crippen LogP contribution in [0.1, 0.15) is 39.2 Å². The molecule has 1 fully saturated rings. The molecule has 0 aliphatic carbocycles. The lowest BCUT2D eigenvalue weighted by atomic mass is 10.0. The van der Waals surface area contributed by atoms with Crippen molar-refractivity contribution in [2.75, 3.05) is 19.7 Å². The lowest BCUT2D eigenvalue weighted by Crippen LogP contribution is -2.57. The zero-order valence-electron chi connectivity index (χ0n) is 21.5. The van der Waals surface area contributed by atoms with Gasteiger partial charge in [0.15, 0.2) is 0 Å². The van der Waals surface area contributed by atoms with Gasteiger partial charge < -0.3 is 30.7 Å². The van der Waals surface area contributed by atoms with Crippen LogP contribution in [0.3, 0.4) is 0 Å². The van der Waals surface area contributed by atoms with Gasteiger partial charge in [-0.05, 0) is 31.2 Å². The highest BCUT2D eigenvalue weighted by Gasteiger charge is 2.47. The van der Waals surface area contributed by atoms with Crippen molar-refractivity contribution in [1.82, 2.24) is 20.9 Å². The number of alkyl halides is 2. The maximum absolute atomic E-state index is 14.4. The molecule has 38 heavy (non-hydrogen) atoms. The van der Waals surface area contributed by atoms with Gasteiger partial charge in [0.25, 0.3) is 5.91 Å². The number of ether oxygens (including phenoxy) is 1. The van der Waals surface area contributed by atoms with Crippen molar-refractivity contribution in [1.29, 1.82) is 0 Å². The van der Waals surface area contributed by atoms with Crippen LogP contribution in [0.4, 0.5) is 8.78 Å². The fourth-order valence-electron chi connectivity index (χ4n) is 3.88. The van der Waals surface area contributed by atoms with Gasteiger partial charge >= 0.3 is 17.8 Å². The number of rotatable bonds is 11. The summed E-state index contributed by atoms with van der Waals surface area (Å²) in [7, 11) is 0. The van der Waals surface area contributed by atoms with E-state index in [1.54, 1.807) is 44.2 Å². The summed E-state index contributed by atoms with van der Waals surface area (Å²) in [5.41, 5.74) is 0.587. The molecule has 1 heterocycles. The van der Waals surface area contributed by atoms with Gasteiger partial charge in [0.2, 0.25) is 11.8 Å². The second kappa shape index (κ2) is 13.8. The molecule has 1 saturated heterocycles. The molecule has 13 heteroatoms. The summed E-state index contributed by atoms with van der Waals surface area (Å²) < 4.78 is 33.5. The van der Waals surface area contributed by atoms with Gasteiger partial charge in [-0.25, -0.2) is 4.79 Å². The molecule has 1 aliphatic rings. The quantitative estimate of drug-likeness (QED) is 0.229. The van der Waals surface area contributed by atoms with Crippen LogP contribution in [0, 0.1) is 5.92 Å². The Morgan fingerprint density at radius 3 is 2.39 bits per heavy atom. The zero-order chi connectivity index (χ0) is 28.5. The van der Waals surface area contributed by atoms with E-state index < -0.39 is 66.2 Å². The SMILES string of the molecule is CCOC(=O)C(=O)N[C@H](C(=O)N1CCCC1C(=O)NCC(O)C(F)(F)C(=O)NCc1ccccc1)C(C)C. The molecule has 0 saturated carbocycles. The number of nitrogens with one attached hydrogen (secondary N) is 3. The van der Waals surface area contributed by atoms with Gasteiger partial charge in [-0.1, -0.05) is 44.2 Å². The molecule has 1 aliphatic heterocycles. The van der Waals surface area contributed by atoms with Crippen molar-refractivity contribution in [3.63, 3.8) is 0 Å². The largest absolute Gasteiger partial charge is 0.459 e. The third-order valence-corrected chi connectivity index (χ3v) is 6.01. The van der Waals surface area contributed by atoms with Crippen molar-refractivity contribution in [3.05, 3.63) is 35.9 Å². The van der Waals surface area contributed by atoms with Crippen LogP contribution >= 0.6 is 0 Å². The highest BCUT2D eigenvalue weighted by Crippen LogP contribution is 2.22. The van der Waals surface area contributed by atoms with E-state index in [1.807, 2.05) is 0 Å². The highest BCUT2D eigenvalue weighted by molar-refractivity contribution is 6.32. The summed E-state index contributed by atoms with van der Waals surface area (Å²) in [5.74, 6) is -10.00. The standard InChI is InChI=1S/C25H34F2N4O7/c1-4-38-23(36)21(34)30-19(15(2)3)22(35)31-12-8-11-17(31)20(33)28-14-18(32)25(26,27)24(37)29-13-16-9-6-5-7-10-16/h5-7,9-10,15,17-19,32H,4,8,11-14H2,1-3H3,(H,28,33)(H,29,37)(H,30,34)/t17?,18?,19-/m0/s1. The van der Waals surface area contributed by atoms with Crippen LogP contribution in [0.5, 0.6) is 0 Å². The molecule has 0 radical (unpaired) electrons. The van der Waals surface area contributed by atoms with Crippen molar-refractivity contribution < 1.29 is 42.6 Å². The van der Waals surface area contributed by atoms with Gasteiger partial charge in [-0.15, -0.1) is 0 Å². The molecule has 0 aromatic heterocycles. The molecule has 4 amide bonds. The van der Waals surface area contributed by atoms with Gasteiger partial charge in [-0.2, -0.15) is 8.78 Å². The van der Waals surface area contributed by atoms with Crippen molar-refractivity contribution >= 4 is 29.6 Å². The van der Waals surface area contributed by atoms with Gasteiger partial charge in [0.1, 0.15) is 18.2 Å². The smallest absolute Gasteiger partial charge is 0.396 e. The number of amides is 4. The number of aliphatic hydroxyl groups is 1. The minimum atomic E-state index is -4.19. The van der Waals surface area contributed by atoms with Crippen LogP contribution < -0.4 is 16.0 Å². The van der Waals surface area contributed by atoms with Crippen LogP contribution in [0.15, 0.2) is 30.3 Å². The number of aliphatic hydroxyl groups excluding tert-OH is 1. The number of carbonyl (C=O) groups is 5. The van der Waals surface area contributed by atoms with E-state index in [9.17, 15) is 37.9 Å². The Kier molecular flexibility index (Phi) is 11.1. The topological polar surface area (TPSA) is 154 Å². The van der Waals surface area contributed by atoms with Gasteiger partial charge in [0, 0.05) is 13.1 Å². The molecular weight excluding hydrogens is 506 g/mol. The molecule has 1 aromatic carbocycles. The van der Waals surface area contributed by atoms with E-state index in [4.69, 9.17) is 0 Å². The van der Waals surface area contributed by atoms with Crippen molar-refractivity contribution in [2.24, 2.45) is 5.92 Å². The second-order valence-corrected chi connectivity index (χ2v) is 9.16. The summed E-state index contributed by atoms with van der Waals surface area (Å²) in [6.07, 6.45) is -1.86. The predicted octanol–water partition coefficient (Wildman–Crippen LogP) is 0.110. The molecule has 11 nitrogen and oxygen atoms in total. The Labute approximate surface area is 219 Å². The summed E-state index contributed by atoms with van der Waals surface area (Å²) in [6, 6.07) is 6.18. The van der Waals surface area contributed by atoms with E-state index >= 15 is 0 Å². The van der Waals surface area contributed by atoms with Crippen LogP contribution in [-0.4, -0.2) is 83.4 Å². The van der Waals surface area contributed by atoms with Crippen LogP contribution in [0.25, 0.3) is 0 Å². The van der Waals surface area contributed by atoms with Crippen LogP contribution in [-0.2, 0) is 35.3 Å². The lowest BCUT2D eigenvalue weighted by molar-refractivity contribution is -0.163. The summed E-state index contributed by atoms with van der Waals surface area (Å²) >= 11 is 0. The second-order valence-electron chi connectivity index (χ2n) is 9.16. The number of esters is 1. The Balaban J connectivity index is 1.97. The molecule has 4 N–H and O–H groups in total. The average Bonchev–Trinajstić information content (AvgIpc) is 3.38. The molecule has 210 valence electrons. The molecule has 2 rings (SSSR count). The Morgan fingerprint density at radius 2 is 1.79 bits per heavy atom. The van der Waals surface area contributed by atoms with E-state index in [0.717, 1.165) is 0 Å². The fourth-order valence-corrected chi connectivity index (χ4v) is 3.88. The number of hydrogen-bond donors (Lipinski definition) is 4. The first-order valence-electron chi connectivity index (χ1n) is 12.3. The fraction of sp³-hybridized carbons (Fsp3) is 0.560. The third kappa shape index (κ3) is 7.94. The zero-order valence-corrected chi connectivity index (χ0v) is 21.5. The van der Waals surface area contributed by atoms with E-state index in [0.29, 0.717) is 12.0 Å². The van der Waals surface area contributed by atoms with Gasteiger partial charge in [0.05, 0.1) is 13.2 Å². The van der Waals surface area contributed by atoms with Crippen molar-refractivity contribution in [3.8, 4) is 0 Å². The molecule has 2 unspecified atom stereocenters.